The van der Waals surface area contributed by atoms with Crippen LogP contribution in [0.5, 0.6) is 0 Å². The van der Waals surface area contributed by atoms with Crippen molar-refractivity contribution in [3.63, 3.8) is 0 Å². The molecule has 0 radical (unpaired) electrons. The zero-order chi connectivity index (χ0) is 15.8. The van der Waals surface area contributed by atoms with Gasteiger partial charge in [-0.25, -0.2) is 4.98 Å². The largest absolute Gasteiger partial charge is 0.433 e. The van der Waals surface area contributed by atoms with Crippen molar-refractivity contribution < 1.29 is 18.1 Å². The Balaban J connectivity index is 2.44. The fraction of sp³-hybridized carbons (Fsp3) is 0.583. The van der Waals surface area contributed by atoms with Crippen LogP contribution in [0.1, 0.15) is 18.5 Å². The molecular weight excluding hydrogens is 289 g/mol. The summed E-state index contributed by atoms with van der Waals surface area (Å²) in [4.78, 5) is 14.9. The van der Waals surface area contributed by atoms with E-state index in [4.69, 9.17) is 5.73 Å². The first-order chi connectivity index (χ1) is 9.75. The number of alkyl halides is 3. The van der Waals surface area contributed by atoms with Gasteiger partial charge in [0.15, 0.2) is 0 Å². The molecule has 0 amide bonds. The Morgan fingerprint density at radius 3 is 2.62 bits per heavy atom. The van der Waals surface area contributed by atoms with E-state index in [9.17, 15) is 23.3 Å². The van der Waals surface area contributed by atoms with Crippen molar-refractivity contribution in [2.24, 2.45) is 11.7 Å². The van der Waals surface area contributed by atoms with Gasteiger partial charge in [0, 0.05) is 19.6 Å². The van der Waals surface area contributed by atoms with E-state index in [1.807, 2.05) is 0 Å². The van der Waals surface area contributed by atoms with Crippen LogP contribution in [0.15, 0.2) is 12.3 Å². The summed E-state index contributed by atoms with van der Waals surface area (Å²) in [5.74, 6) is 0.266. The summed E-state index contributed by atoms with van der Waals surface area (Å²) in [7, 11) is 1.53. The third-order valence-corrected chi connectivity index (χ3v) is 3.63. The first-order valence-corrected chi connectivity index (χ1v) is 6.40. The van der Waals surface area contributed by atoms with E-state index in [-0.39, 0.29) is 24.2 Å². The molecule has 1 aromatic rings. The molecule has 1 heterocycles. The second-order valence-corrected chi connectivity index (χ2v) is 5.06. The number of pyridine rings is 1. The maximum Gasteiger partial charge on any atom is 0.433 e. The van der Waals surface area contributed by atoms with E-state index in [0.29, 0.717) is 12.3 Å². The summed E-state index contributed by atoms with van der Waals surface area (Å²) in [6.45, 7) is 0.224. The lowest BCUT2D eigenvalue weighted by atomic mass is 10.1. The maximum absolute atomic E-state index is 12.7. The summed E-state index contributed by atoms with van der Waals surface area (Å²) >= 11 is 0. The molecule has 1 atom stereocenters. The van der Waals surface area contributed by atoms with Crippen LogP contribution in [0.25, 0.3) is 0 Å². The molecule has 6 nitrogen and oxygen atoms in total. The maximum atomic E-state index is 12.7. The number of likely N-dealkylation sites (N-methyl/N-ethyl adjacent to an activating group) is 1. The highest BCUT2D eigenvalue weighted by molar-refractivity contribution is 5.63. The van der Waals surface area contributed by atoms with E-state index in [2.05, 4.69) is 4.98 Å². The highest BCUT2D eigenvalue weighted by Crippen LogP contribution is 2.40. The van der Waals surface area contributed by atoms with E-state index >= 15 is 0 Å². The van der Waals surface area contributed by atoms with Crippen molar-refractivity contribution in [2.75, 3.05) is 18.5 Å². The van der Waals surface area contributed by atoms with Crippen molar-refractivity contribution in [3.8, 4) is 0 Å². The molecule has 1 aliphatic rings. The zero-order valence-corrected chi connectivity index (χ0v) is 11.3. The van der Waals surface area contributed by atoms with Crippen molar-refractivity contribution in [1.29, 1.82) is 0 Å². The molecule has 1 aromatic heterocycles. The van der Waals surface area contributed by atoms with Crippen LogP contribution >= 0.6 is 0 Å². The molecule has 1 fully saturated rings. The van der Waals surface area contributed by atoms with Gasteiger partial charge >= 0.3 is 11.9 Å². The number of hydrogen-bond acceptors (Lipinski definition) is 5. The predicted octanol–water partition coefficient (Wildman–Crippen LogP) is 2.18. The molecule has 2 rings (SSSR count). The van der Waals surface area contributed by atoms with Gasteiger partial charge in [-0.1, -0.05) is 0 Å². The van der Waals surface area contributed by atoms with Crippen LogP contribution in [0.2, 0.25) is 0 Å². The van der Waals surface area contributed by atoms with Gasteiger partial charge in [-0.05, 0) is 24.8 Å². The van der Waals surface area contributed by atoms with Gasteiger partial charge in [0.2, 0.25) is 0 Å². The van der Waals surface area contributed by atoms with Gasteiger partial charge in [-0.3, -0.25) is 10.1 Å². The van der Waals surface area contributed by atoms with E-state index in [1.54, 1.807) is 0 Å². The number of anilines is 1. The molecule has 0 spiro atoms. The Kier molecular flexibility index (Phi) is 4.04. The second-order valence-electron chi connectivity index (χ2n) is 5.06. The zero-order valence-electron chi connectivity index (χ0n) is 11.3. The molecule has 1 unspecified atom stereocenters. The average Bonchev–Trinajstić information content (AvgIpc) is 3.22. The van der Waals surface area contributed by atoms with Gasteiger partial charge in [0.1, 0.15) is 17.6 Å². The topological polar surface area (TPSA) is 85.3 Å². The Morgan fingerprint density at radius 2 is 2.19 bits per heavy atom. The first kappa shape index (κ1) is 15.5. The monoisotopic (exact) mass is 304 g/mol. The normalized spacial score (nSPS) is 16.6. The van der Waals surface area contributed by atoms with Crippen LogP contribution in [-0.2, 0) is 6.18 Å². The molecule has 2 N–H and O–H groups in total. The summed E-state index contributed by atoms with van der Waals surface area (Å²) in [6, 6.07) is 0.496. The number of hydrogen-bond donors (Lipinski definition) is 1. The Hall–Kier alpha value is -1.90. The van der Waals surface area contributed by atoms with Crippen LogP contribution in [0.4, 0.5) is 24.5 Å². The van der Waals surface area contributed by atoms with Crippen molar-refractivity contribution in [2.45, 2.75) is 25.1 Å². The number of rotatable bonds is 5. The minimum atomic E-state index is -4.65. The lowest BCUT2D eigenvalue weighted by molar-refractivity contribution is -0.384. The molecule has 0 aliphatic heterocycles. The molecule has 0 saturated heterocycles. The number of aromatic nitrogens is 1. The summed E-state index contributed by atoms with van der Waals surface area (Å²) < 4.78 is 38.2. The highest BCUT2D eigenvalue weighted by Gasteiger charge is 2.38. The smallest absolute Gasteiger partial charge is 0.364 e. The fourth-order valence-electron chi connectivity index (χ4n) is 2.34. The van der Waals surface area contributed by atoms with E-state index in [1.165, 1.54) is 11.9 Å². The number of halogens is 3. The van der Waals surface area contributed by atoms with Crippen LogP contribution in [0, 0.1) is 16.0 Å². The van der Waals surface area contributed by atoms with Crippen molar-refractivity contribution in [3.05, 3.63) is 28.1 Å². The van der Waals surface area contributed by atoms with Gasteiger partial charge < -0.3 is 10.6 Å². The molecule has 1 saturated carbocycles. The summed E-state index contributed by atoms with van der Waals surface area (Å²) in [6.07, 6.45) is -2.15. The van der Waals surface area contributed by atoms with Crippen molar-refractivity contribution >= 4 is 11.4 Å². The predicted molar refractivity (Wildman–Crippen MR) is 69.9 cm³/mol. The SMILES string of the molecule is CN(c1cc(C(F)(F)F)ncc1[N+](=O)[O-])C(CN)C1CC1. The Labute approximate surface area is 118 Å². The van der Waals surface area contributed by atoms with Gasteiger partial charge in [-0.15, -0.1) is 0 Å². The van der Waals surface area contributed by atoms with Crippen LogP contribution in [-0.4, -0.2) is 29.5 Å². The van der Waals surface area contributed by atoms with Gasteiger partial charge in [0.05, 0.1) is 4.92 Å². The lowest BCUT2D eigenvalue weighted by Crippen LogP contribution is -2.40. The number of nitrogens with zero attached hydrogens (tertiary/aromatic N) is 3. The average molecular weight is 304 g/mol. The van der Waals surface area contributed by atoms with E-state index < -0.39 is 22.5 Å². The third kappa shape index (κ3) is 3.23. The van der Waals surface area contributed by atoms with Crippen molar-refractivity contribution in [1.82, 2.24) is 4.98 Å². The molecule has 9 heteroatoms. The quantitative estimate of drug-likeness (QED) is 0.665. The molecule has 21 heavy (non-hydrogen) atoms. The standard InChI is InChI=1S/C12H15F3N4O2/c1-18(9(5-16)7-2-3-7)8-4-11(12(13,14)15)17-6-10(8)19(20)21/h4,6-7,9H,2-3,5,16H2,1H3. The van der Waals surface area contributed by atoms with Crippen LogP contribution in [0.3, 0.4) is 0 Å². The van der Waals surface area contributed by atoms with Gasteiger partial charge in [-0.2, -0.15) is 13.2 Å². The lowest BCUT2D eigenvalue weighted by Gasteiger charge is -2.29. The minimum Gasteiger partial charge on any atom is -0.364 e. The molecule has 116 valence electrons. The van der Waals surface area contributed by atoms with Gasteiger partial charge in [0.25, 0.3) is 0 Å². The highest BCUT2D eigenvalue weighted by atomic mass is 19.4. The Bertz CT molecular complexity index is 546. The number of nitrogens with two attached hydrogens (primary N) is 1. The fourth-order valence-corrected chi connectivity index (χ4v) is 2.34. The number of nitro groups is 1. The minimum absolute atomic E-state index is 0.107. The molecule has 0 aromatic carbocycles. The third-order valence-electron chi connectivity index (χ3n) is 3.63. The summed E-state index contributed by atoms with van der Waals surface area (Å²) in [5.41, 5.74) is 3.94. The Morgan fingerprint density at radius 1 is 1.57 bits per heavy atom. The molecule has 1 aliphatic carbocycles. The second kappa shape index (κ2) is 5.47. The summed E-state index contributed by atoms with van der Waals surface area (Å²) in [5, 5.41) is 11.0. The molecular formula is C12H15F3N4O2. The van der Waals surface area contributed by atoms with E-state index in [0.717, 1.165) is 12.8 Å². The van der Waals surface area contributed by atoms with Crippen LogP contribution < -0.4 is 10.6 Å². The molecule has 0 bridgehead atoms. The first-order valence-electron chi connectivity index (χ1n) is 6.40.